The van der Waals surface area contributed by atoms with Gasteiger partial charge >= 0.3 is 0 Å². The minimum absolute atomic E-state index is 0.0802. The van der Waals surface area contributed by atoms with Crippen molar-refractivity contribution in [3.63, 3.8) is 0 Å². The van der Waals surface area contributed by atoms with Crippen LogP contribution in [-0.4, -0.2) is 29.1 Å². The molecule has 0 aliphatic heterocycles. The summed E-state index contributed by atoms with van der Waals surface area (Å²) in [7, 11) is 1.59. The Hall–Kier alpha value is -2.44. The van der Waals surface area contributed by atoms with Crippen LogP contribution in [0.1, 0.15) is 24.8 Å². The van der Waals surface area contributed by atoms with Crippen molar-refractivity contribution in [3.05, 3.63) is 29.8 Å². The van der Waals surface area contributed by atoms with Crippen LogP contribution >= 0.6 is 0 Å². The zero-order chi connectivity index (χ0) is 17.8. The van der Waals surface area contributed by atoms with Crippen molar-refractivity contribution in [1.82, 2.24) is 10.2 Å². The first-order chi connectivity index (χ1) is 11.9. The van der Waals surface area contributed by atoms with Crippen molar-refractivity contribution in [1.29, 1.82) is 0 Å². The number of benzene rings is 1. The first kappa shape index (κ1) is 16.1. The number of aromatic nitrogens is 2. The Morgan fingerprint density at radius 3 is 2.68 bits per heavy atom. The van der Waals surface area contributed by atoms with Gasteiger partial charge in [0.15, 0.2) is 5.82 Å². The smallest absolute Gasteiger partial charge is 0.254 e. The maximum absolute atomic E-state index is 13.3. The standard InChI is InChI=1S/C18H19F2N3O2/c1-10-14(12-5-3-4-6-13(12)25-2)22-23-15(10)21-16(24)11-7-17(8-11)9-18(17,19)20/h3-6,11H,7-9H2,1-2H3,(H2,21,22,23,24). The lowest BCUT2D eigenvalue weighted by Gasteiger charge is -2.34. The van der Waals surface area contributed by atoms with Gasteiger partial charge in [-0.05, 0) is 31.9 Å². The van der Waals surface area contributed by atoms with Crippen molar-refractivity contribution in [2.75, 3.05) is 12.4 Å². The van der Waals surface area contributed by atoms with Gasteiger partial charge in [0.1, 0.15) is 5.75 Å². The lowest BCUT2D eigenvalue weighted by Crippen LogP contribution is -2.38. The van der Waals surface area contributed by atoms with Crippen LogP contribution in [-0.2, 0) is 4.79 Å². The highest BCUT2D eigenvalue weighted by atomic mass is 19.3. The van der Waals surface area contributed by atoms with E-state index in [4.69, 9.17) is 4.74 Å². The first-order valence-corrected chi connectivity index (χ1v) is 8.24. The molecule has 2 saturated carbocycles. The molecule has 2 N–H and O–H groups in total. The third-order valence-corrected chi connectivity index (χ3v) is 5.48. The van der Waals surface area contributed by atoms with Crippen molar-refractivity contribution >= 4 is 11.7 Å². The Bertz CT molecular complexity index is 841. The molecule has 0 radical (unpaired) electrons. The van der Waals surface area contributed by atoms with Gasteiger partial charge in [0.05, 0.1) is 12.8 Å². The van der Waals surface area contributed by atoms with Crippen molar-refractivity contribution in [2.45, 2.75) is 32.1 Å². The van der Waals surface area contributed by atoms with E-state index in [0.29, 0.717) is 11.6 Å². The molecule has 2 fully saturated rings. The monoisotopic (exact) mass is 347 g/mol. The van der Waals surface area contributed by atoms with Gasteiger partial charge < -0.3 is 10.1 Å². The zero-order valence-electron chi connectivity index (χ0n) is 14.0. The van der Waals surface area contributed by atoms with Crippen LogP contribution in [0.2, 0.25) is 0 Å². The Kier molecular flexibility index (Phi) is 3.39. The van der Waals surface area contributed by atoms with Crippen LogP contribution in [0.3, 0.4) is 0 Å². The van der Waals surface area contributed by atoms with Gasteiger partial charge in [-0.25, -0.2) is 8.78 Å². The molecule has 2 aliphatic rings. The number of aromatic amines is 1. The van der Waals surface area contributed by atoms with E-state index in [1.54, 1.807) is 7.11 Å². The van der Waals surface area contributed by atoms with E-state index < -0.39 is 11.3 Å². The zero-order valence-corrected chi connectivity index (χ0v) is 14.0. The van der Waals surface area contributed by atoms with Gasteiger partial charge in [-0.2, -0.15) is 5.10 Å². The average Bonchev–Trinajstić information content (AvgIpc) is 2.98. The summed E-state index contributed by atoms with van der Waals surface area (Å²) in [5.41, 5.74) is 1.48. The lowest BCUT2D eigenvalue weighted by atomic mass is 9.71. The molecule has 1 heterocycles. The second kappa shape index (κ2) is 5.28. The second-order valence-electron chi connectivity index (χ2n) is 7.03. The number of anilines is 1. The summed E-state index contributed by atoms with van der Waals surface area (Å²) in [5.74, 6) is -2.06. The number of carbonyl (C=O) groups is 1. The van der Waals surface area contributed by atoms with Gasteiger partial charge in [0.25, 0.3) is 5.92 Å². The molecule has 0 unspecified atom stereocenters. The van der Waals surface area contributed by atoms with Gasteiger partial charge in [-0.15, -0.1) is 0 Å². The summed E-state index contributed by atoms with van der Waals surface area (Å²) >= 11 is 0. The van der Waals surface area contributed by atoms with E-state index >= 15 is 0 Å². The summed E-state index contributed by atoms with van der Waals surface area (Å²) in [6, 6.07) is 7.50. The van der Waals surface area contributed by atoms with Crippen LogP contribution in [0.25, 0.3) is 11.3 Å². The SMILES string of the molecule is COc1ccccc1-c1[nH]nc(NC(=O)C2CC3(C2)CC3(F)F)c1C. The number of alkyl halides is 2. The minimum atomic E-state index is -2.58. The maximum Gasteiger partial charge on any atom is 0.254 e. The highest BCUT2D eigenvalue weighted by Crippen LogP contribution is 2.72. The number of methoxy groups -OCH3 is 1. The number of rotatable bonds is 4. The first-order valence-electron chi connectivity index (χ1n) is 8.24. The van der Waals surface area contributed by atoms with Gasteiger partial charge in [-0.1, -0.05) is 12.1 Å². The molecule has 4 rings (SSSR count). The molecular weight excluding hydrogens is 328 g/mol. The molecule has 7 heteroatoms. The predicted molar refractivity (Wildman–Crippen MR) is 88.7 cm³/mol. The number of nitrogens with one attached hydrogen (secondary N) is 2. The fraction of sp³-hybridized carbons (Fsp3) is 0.444. The number of para-hydroxylation sites is 1. The van der Waals surface area contributed by atoms with Crippen molar-refractivity contribution in [3.8, 4) is 17.0 Å². The van der Waals surface area contributed by atoms with Crippen LogP contribution in [0.4, 0.5) is 14.6 Å². The molecule has 25 heavy (non-hydrogen) atoms. The summed E-state index contributed by atoms with van der Waals surface area (Å²) < 4.78 is 31.9. The van der Waals surface area contributed by atoms with Gasteiger partial charge in [0.2, 0.25) is 5.91 Å². The highest BCUT2D eigenvalue weighted by Gasteiger charge is 2.76. The molecule has 5 nitrogen and oxygen atoms in total. The highest BCUT2D eigenvalue weighted by molar-refractivity contribution is 5.94. The van der Waals surface area contributed by atoms with Crippen LogP contribution in [0.15, 0.2) is 24.3 Å². The fourth-order valence-corrected chi connectivity index (χ4v) is 3.74. The summed E-state index contributed by atoms with van der Waals surface area (Å²) in [4.78, 5) is 12.3. The number of halogens is 2. The van der Waals surface area contributed by atoms with Crippen LogP contribution in [0.5, 0.6) is 5.75 Å². The fourth-order valence-electron chi connectivity index (χ4n) is 3.74. The molecule has 0 atom stereocenters. The molecule has 0 saturated heterocycles. The number of hydrogen-bond acceptors (Lipinski definition) is 3. The lowest BCUT2D eigenvalue weighted by molar-refractivity contribution is -0.126. The number of H-pyrrole nitrogens is 1. The van der Waals surface area contributed by atoms with Crippen LogP contribution < -0.4 is 10.1 Å². The van der Waals surface area contributed by atoms with Crippen LogP contribution in [0, 0.1) is 18.3 Å². The normalized spacial score (nSPS) is 26.2. The minimum Gasteiger partial charge on any atom is -0.496 e. The molecule has 132 valence electrons. The van der Waals surface area contributed by atoms with E-state index in [2.05, 4.69) is 15.5 Å². The molecule has 1 aromatic heterocycles. The van der Waals surface area contributed by atoms with E-state index in [0.717, 1.165) is 16.8 Å². The number of nitrogens with zero attached hydrogens (tertiary/aromatic N) is 1. The molecule has 1 amide bonds. The quantitative estimate of drug-likeness (QED) is 0.885. The average molecular weight is 347 g/mol. The van der Waals surface area contributed by atoms with E-state index in [9.17, 15) is 13.6 Å². The maximum atomic E-state index is 13.3. The molecular formula is C18H19F2N3O2. The third-order valence-electron chi connectivity index (χ3n) is 5.48. The van der Waals surface area contributed by atoms with E-state index in [1.807, 2.05) is 31.2 Å². The van der Waals surface area contributed by atoms with E-state index in [-0.39, 0.29) is 31.1 Å². The Morgan fingerprint density at radius 2 is 2.04 bits per heavy atom. The van der Waals surface area contributed by atoms with Gasteiger partial charge in [0, 0.05) is 28.9 Å². The van der Waals surface area contributed by atoms with Crippen molar-refractivity contribution in [2.24, 2.45) is 11.3 Å². The summed E-state index contributed by atoms with van der Waals surface area (Å²) in [6.07, 6.45) is 0.437. The van der Waals surface area contributed by atoms with E-state index in [1.165, 1.54) is 0 Å². The Labute approximate surface area is 143 Å². The Balaban J connectivity index is 1.48. The number of amides is 1. The predicted octanol–water partition coefficient (Wildman–Crippen LogP) is 3.77. The number of ether oxygens (including phenoxy) is 1. The molecule has 2 aromatic rings. The third kappa shape index (κ3) is 2.41. The summed E-state index contributed by atoms with van der Waals surface area (Å²) in [6.45, 7) is 1.85. The topological polar surface area (TPSA) is 67.0 Å². The van der Waals surface area contributed by atoms with Crippen molar-refractivity contribution < 1.29 is 18.3 Å². The molecule has 0 bridgehead atoms. The summed E-state index contributed by atoms with van der Waals surface area (Å²) in [5, 5.41) is 9.86. The number of hydrogen-bond donors (Lipinski definition) is 2. The van der Waals surface area contributed by atoms with Gasteiger partial charge in [-0.3, -0.25) is 9.89 Å². The Morgan fingerprint density at radius 1 is 1.36 bits per heavy atom. The second-order valence-corrected chi connectivity index (χ2v) is 7.03. The molecule has 1 aromatic carbocycles. The molecule has 2 aliphatic carbocycles. The largest absolute Gasteiger partial charge is 0.496 e. The molecule has 1 spiro atoms. The number of carbonyl (C=O) groups excluding carboxylic acids is 1.